The van der Waals surface area contributed by atoms with Crippen LogP contribution in [0.1, 0.15) is 33.6 Å². The summed E-state index contributed by atoms with van der Waals surface area (Å²) in [4.78, 5) is 21.7. The molecule has 2 heterocycles. The van der Waals surface area contributed by atoms with E-state index in [4.69, 9.17) is 0 Å². The average molecular weight is 434 g/mol. The largest absolute Gasteiger partial charge is 0.299 e. The number of hydrogen-bond donors (Lipinski definition) is 1. The zero-order chi connectivity index (χ0) is 20.7. The lowest BCUT2D eigenvalue weighted by Crippen LogP contribution is -2.19. The molecule has 0 saturated heterocycles. The maximum Gasteiger partial charge on any atom is 0.267 e. The highest BCUT2D eigenvalue weighted by molar-refractivity contribution is 7.22. The number of hydrogen-bond acceptors (Lipinski definition) is 5. The Morgan fingerprint density at radius 2 is 1.93 bits per heavy atom. The van der Waals surface area contributed by atoms with Crippen molar-refractivity contribution in [3.05, 3.63) is 70.6 Å². The molecular formula is C24H23N3OS2. The molecule has 1 fully saturated rings. The molecule has 0 bridgehead atoms. The molecule has 0 unspecified atom stereocenters. The van der Waals surface area contributed by atoms with Gasteiger partial charge in [-0.1, -0.05) is 47.7 Å². The summed E-state index contributed by atoms with van der Waals surface area (Å²) in [6.07, 6.45) is 2.62. The maximum absolute atomic E-state index is 12.8. The third-order valence-corrected chi connectivity index (χ3v) is 7.67. The minimum atomic E-state index is -0.0990. The van der Waals surface area contributed by atoms with Crippen LogP contribution in [-0.2, 0) is 6.54 Å². The van der Waals surface area contributed by atoms with Gasteiger partial charge < -0.3 is 0 Å². The van der Waals surface area contributed by atoms with Crippen molar-refractivity contribution in [1.29, 1.82) is 0 Å². The molecule has 1 amide bonds. The molecule has 1 aliphatic carbocycles. The van der Waals surface area contributed by atoms with Gasteiger partial charge in [-0.25, -0.2) is 4.98 Å². The summed E-state index contributed by atoms with van der Waals surface area (Å²) in [6, 6.07) is 19.3. The number of rotatable bonds is 6. The molecule has 5 rings (SSSR count). The minimum Gasteiger partial charge on any atom is -0.299 e. The van der Waals surface area contributed by atoms with Gasteiger partial charge >= 0.3 is 0 Å². The number of nitrogens with one attached hydrogen (secondary N) is 1. The van der Waals surface area contributed by atoms with Crippen molar-refractivity contribution in [3.8, 4) is 10.4 Å². The highest BCUT2D eigenvalue weighted by Crippen LogP contribution is 2.34. The first-order valence-corrected chi connectivity index (χ1v) is 11.8. The van der Waals surface area contributed by atoms with Gasteiger partial charge in [0.25, 0.3) is 5.91 Å². The first-order chi connectivity index (χ1) is 14.6. The molecule has 6 heteroatoms. The van der Waals surface area contributed by atoms with E-state index in [9.17, 15) is 4.79 Å². The predicted octanol–water partition coefficient (Wildman–Crippen LogP) is 6.18. The van der Waals surface area contributed by atoms with Crippen LogP contribution in [0.4, 0.5) is 5.13 Å². The summed E-state index contributed by atoms with van der Waals surface area (Å²) in [6.45, 7) is 3.00. The summed E-state index contributed by atoms with van der Waals surface area (Å²) in [5, 5.41) is 3.64. The molecule has 4 nitrogen and oxygen atoms in total. The normalized spacial score (nSPS) is 13.8. The Morgan fingerprint density at radius 3 is 2.70 bits per heavy atom. The Morgan fingerprint density at radius 1 is 1.13 bits per heavy atom. The van der Waals surface area contributed by atoms with Crippen LogP contribution in [0, 0.1) is 6.92 Å². The number of amides is 1. The van der Waals surface area contributed by atoms with Crippen molar-refractivity contribution < 1.29 is 4.79 Å². The van der Waals surface area contributed by atoms with Gasteiger partial charge in [0, 0.05) is 17.5 Å². The molecule has 30 heavy (non-hydrogen) atoms. The zero-order valence-corrected chi connectivity index (χ0v) is 18.6. The molecule has 0 spiro atoms. The second kappa shape index (κ2) is 7.95. The SMILES string of the molecule is Cc1cc(C(=O)Nc2nc3ccc(CN(C)C4CC4)cc3s2)sc1-c1ccccc1. The zero-order valence-electron chi connectivity index (χ0n) is 17.0. The molecular weight excluding hydrogens is 410 g/mol. The van der Waals surface area contributed by atoms with Crippen molar-refractivity contribution in [3.63, 3.8) is 0 Å². The molecule has 0 radical (unpaired) electrons. The van der Waals surface area contributed by atoms with Crippen LogP contribution < -0.4 is 5.32 Å². The third-order valence-electron chi connectivity index (χ3n) is 5.45. The molecule has 0 atom stereocenters. The fourth-order valence-electron chi connectivity index (χ4n) is 3.68. The van der Waals surface area contributed by atoms with E-state index in [-0.39, 0.29) is 5.91 Å². The van der Waals surface area contributed by atoms with Crippen molar-refractivity contribution >= 4 is 43.9 Å². The highest BCUT2D eigenvalue weighted by Gasteiger charge is 2.26. The van der Waals surface area contributed by atoms with Crippen molar-refractivity contribution in [2.24, 2.45) is 0 Å². The lowest BCUT2D eigenvalue weighted by molar-refractivity contribution is 0.103. The number of carbonyl (C=O) groups excluding carboxylic acids is 1. The lowest BCUT2D eigenvalue weighted by Gasteiger charge is -2.15. The number of fused-ring (bicyclic) bond motifs is 1. The molecule has 2 aromatic carbocycles. The molecule has 4 aromatic rings. The Labute approximate surface area is 184 Å². The van der Waals surface area contributed by atoms with Gasteiger partial charge in [-0.05, 0) is 61.7 Å². The molecule has 1 N–H and O–H groups in total. The fourth-order valence-corrected chi connectivity index (χ4v) is 5.68. The van der Waals surface area contributed by atoms with Crippen LogP contribution in [0.3, 0.4) is 0 Å². The quantitative estimate of drug-likeness (QED) is 0.395. The number of carbonyl (C=O) groups is 1. The van der Waals surface area contributed by atoms with Gasteiger partial charge in [-0.3, -0.25) is 15.0 Å². The van der Waals surface area contributed by atoms with Crippen molar-refractivity contribution in [1.82, 2.24) is 9.88 Å². The Hall–Kier alpha value is -2.54. The summed E-state index contributed by atoms with van der Waals surface area (Å²) < 4.78 is 1.11. The fraction of sp³-hybridized carbons (Fsp3) is 0.250. The molecule has 1 saturated carbocycles. The minimum absolute atomic E-state index is 0.0990. The van der Waals surface area contributed by atoms with Crippen LogP contribution in [-0.4, -0.2) is 28.9 Å². The van der Waals surface area contributed by atoms with Gasteiger partial charge in [-0.15, -0.1) is 11.3 Å². The smallest absolute Gasteiger partial charge is 0.267 e. The van der Waals surface area contributed by atoms with Gasteiger partial charge in [0.05, 0.1) is 15.1 Å². The molecule has 0 aliphatic heterocycles. The van der Waals surface area contributed by atoms with E-state index < -0.39 is 0 Å². The summed E-state index contributed by atoms with van der Waals surface area (Å²) in [5.41, 5.74) is 4.48. The summed E-state index contributed by atoms with van der Waals surface area (Å²) in [7, 11) is 2.19. The summed E-state index contributed by atoms with van der Waals surface area (Å²) in [5.74, 6) is -0.0990. The van der Waals surface area contributed by atoms with E-state index in [2.05, 4.69) is 52.6 Å². The number of thiazole rings is 1. The monoisotopic (exact) mass is 433 g/mol. The predicted molar refractivity (Wildman–Crippen MR) is 127 cm³/mol. The molecule has 152 valence electrons. The number of benzene rings is 2. The van der Waals surface area contributed by atoms with Gasteiger partial charge in [-0.2, -0.15) is 0 Å². The van der Waals surface area contributed by atoms with E-state index in [1.165, 1.54) is 41.1 Å². The number of anilines is 1. The van der Waals surface area contributed by atoms with Crippen LogP contribution in [0.15, 0.2) is 54.6 Å². The Bertz CT molecular complexity index is 1210. The molecule has 1 aliphatic rings. The van der Waals surface area contributed by atoms with Gasteiger partial charge in [0.1, 0.15) is 0 Å². The second-order valence-corrected chi connectivity index (χ2v) is 9.99. The number of aromatic nitrogens is 1. The van der Waals surface area contributed by atoms with E-state index in [1.807, 2.05) is 31.2 Å². The second-order valence-electron chi connectivity index (χ2n) is 7.91. The number of nitrogens with zero attached hydrogens (tertiary/aromatic N) is 2. The Balaban J connectivity index is 1.33. The molecule has 2 aromatic heterocycles. The highest BCUT2D eigenvalue weighted by atomic mass is 32.1. The first kappa shape index (κ1) is 19.4. The van der Waals surface area contributed by atoms with Crippen LogP contribution in [0.2, 0.25) is 0 Å². The Kier molecular flexibility index (Phi) is 5.15. The topological polar surface area (TPSA) is 45.2 Å². The number of thiophene rings is 1. The first-order valence-electron chi connectivity index (χ1n) is 10.1. The van der Waals surface area contributed by atoms with Crippen LogP contribution in [0.25, 0.3) is 20.7 Å². The average Bonchev–Trinajstić information content (AvgIpc) is 3.41. The summed E-state index contributed by atoms with van der Waals surface area (Å²) >= 11 is 3.06. The van der Waals surface area contributed by atoms with E-state index >= 15 is 0 Å². The van der Waals surface area contributed by atoms with Gasteiger partial charge in [0.15, 0.2) is 5.13 Å². The third kappa shape index (κ3) is 4.03. The van der Waals surface area contributed by atoms with Crippen molar-refractivity contribution in [2.45, 2.75) is 32.4 Å². The van der Waals surface area contributed by atoms with Crippen molar-refractivity contribution in [2.75, 3.05) is 12.4 Å². The van der Waals surface area contributed by atoms with E-state index in [0.29, 0.717) is 10.0 Å². The number of aryl methyl sites for hydroxylation is 1. The van der Waals surface area contributed by atoms with Gasteiger partial charge in [0.2, 0.25) is 0 Å². The van der Waals surface area contributed by atoms with E-state index in [0.717, 1.165) is 38.8 Å². The maximum atomic E-state index is 12.8. The van der Waals surface area contributed by atoms with E-state index in [1.54, 1.807) is 0 Å². The lowest BCUT2D eigenvalue weighted by atomic mass is 10.1. The standard InChI is InChI=1S/C24H23N3OS2/c1-15-12-21(29-22(15)17-6-4-3-5-7-17)23(28)26-24-25-19-11-8-16(13-20(19)30-24)14-27(2)18-9-10-18/h3-8,11-13,18H,9-10,14H2,1-2H3,(H,25,26,28). The van der Waals surface area contributed by atoms with Crippen LogP contribution in [0.5, 0.6) is 0 Å². The van der Waals surface area contributed by atoms with Crippen LogP contribution >= 0.6 is 22.7 Å².